The predicted molar refractivity (Wildman–Crippen MR) is 108 cm³/mol. The summed E-state index contributed by atoms with van der Waals surface area (Å²) in [7, 11) is -3.27. The average Bonchev–Trinajstić information content (AvgIpc) is 2.64. The van der Waals surface area contributed by atoms with Crippen LogP contribution in [0.1, 0.15) is 38.2 Å². The minimum absolute atomic E-state index is 0.0410. The number of carbonyl (C=O) groups excluding carboxylic acids is 1. The SMILES string of the molecule is CCNC(=O)N[C@H]1CCCC[C@@]12CN(Cc1ccccc1S(C)(=O)=O)CCO2. The fourth-order valence-corrected chi connectivity index (χ4v) is 5.33. The van der Waals surface area contributed by atoms with E-state index >= 15 is 0 Å². The molecule has 2 atom stereocenters. The maximum atomic E-state index is 12.1. The summed E-state index contributed by atoms with van der Waals surface area (Å²) in [5.74, 6) is 0. The molecule has 0 radical (unpaired) electrons. The largest absolute Gasteiger partial charge is 0.370 e. The van der Waals surface area contributed by atoms with Gasteiger partial charge in [0.15, 0.2) is 9.84 Å². The Hall–Kier alpha value is -1.64. The Balaban J connectivity index is 1.76. The summed E-state index contributed by atoms with van der Waals surface area (Å²) in [6, 6.07) is 6.98. The van der Waals surface area contributed by atoms with Crippen LogP contribution in [-0.4, -0.2) is 63.5 Å². The topological polar surface area (TPSA) is 87.7 Å². The zero-order valence-electron chi connectivity index (χ0n) is 16.7. The number of hydrogen-bond acceptors (Lipinski definition) is 5. The molecule has 1 aromatic rings. The first-order valence-corrected chi connectivity index (χ1v) is 11.9. The van der Waals surface area contributed by atoms with Crippen LogP contribution in [0.3, 0.4) is 0 Å². The zero-order valence-corrected chi connectivity index (χ0v) is 17.6. The number of hydrogen-bond donors (Lipinski definition) is 2. The second-order valence-corrected chi connectivity index (χ2v) is 9.79. The van der Waals surface area contributed by atoms with Gasteiger partial charge in [0, 0.05) is 32.4 Å². The van der Waals surface area contributed by atoms with Crippen molar-refractivity contribution in [2.45, 2.75) is 55.7 Å². The molecule has 1 saturated carbocycles. The van der Waals surface area contributed by atoms with E-state index in [1.807, 2.05) is 19.1 Å². The quantitative estimate of drug-likeness (QED) is 0.776. The van der Waals surface area contributed by atoms with Crippen LogP contribution in [0.2, 0.25) is 0 Å². The van der Waals surface area contributed by atoms with Crippen LogP contribution < -0.4 is 10.6 Å². The average molecular weight is 410 g/mol. The van der Waals surface area contributed by atoms with Gasteiger partial charge in [0.2, 0.25) is 0 Å². The lowest BCUT2D eigenvalue weighted by molar-refractivity contribution is -0.142. The van der Waals surface area contributed by atoms with Crippen molar-refractivity contribution in [1.82, 2.24) is 15.5 Å². The van der Waals surface area contributed by atoms with Gasteiger partial charge in [-0.05, 0) is 31.4 Å². The van der Waals surface area contributed by atoms with Gasteiger partial charge in [-0.3, -0.25) is 4.90 Å². The third-order valence-corrected chi connectivity index (χ3v) is 6.87. The fourth-order valence-electron chi connectivity index (χ4n) is 4.40. The summed E-state index contributed by atoms with van der Waals surface area (Å²) in [5.41, 5.74) is 0.396. The van der Waals surface area contributed by atoms with Crippen molar-refractivity contribution in [2.24, 2.45) is 0 Å². The van der Waals surface area contributed by atoms with E-state index in [-0.39, 0.29) is 12.1 Å². The van der Waals surface area contributed by atoms with Gasteiger partial charge >= 0.3 is 6.03 Å². The number of nitrogens with zero attached hydrogens (tertiary/aromatic N) is 1. The number of rotatable bonds is 5. The normalized spacial score (nSPS) is 26.1. The highest BCUT2D eigenvalue weighted by molar-refractivity contribution is 7.90. The maximum Gasteiger partial charge on any atom is 0.315 e. The van der Waals surface area contributed by atoms with Crippen molar-refractivity contribution in [2.75, 3.05) is 32.5 Å². The van der Waals surface area contributed by atoms with Gasteiger partial charge in [-0.25, -0.2) is 13.2 Å². The van der Waals surface area contributed by atoms with Crippen LogP contribution in [0.5, 0.6) is 0 Å². The van der Waals surface area contributed by atoms with E-state index in [0.717, 1.165) is 37.8 Å². The summed E-state index contributed by atoms with van der Waals surface area (Å²) in [6.07, 6.45) is 5.18. The molecule has 1 heterocycles. The molecule has 2 fully saturated rings. The number of carbonyl (C=O) groups is 1. The van der Waals surface area contributed by atoms with Crippen molar-refractivity contribution in [3.8, 4) is 0 Å². The molecule has 1 aliphatic carbocycles. The van der Waals surface area contributed by atoms with Crippen LogP contribution >= 0.6 is 0 Å². The lowest BCUT2D eigenvalue weighted by Gasteiger charge is -2.49. The van der Waals surface area contributed by atoms with E-state index in [4.69, 9.17) is 4.74 Å². The zero-order chi connectivity index (χ0) is 20.2. The van der Waals surface area contributed by atoms with Gasteiger partial charge in [-0.2, -0.15) is 0 Å². The highest BCUT2D eigenvalue weighted by atomic mass is 32.2. The Morgan fingerprint density at radius 3 is 2.86 bits per heavy atom. The molecule has 8 heteroatoms. The molecule has 1 saturated heterocycles. The lowest BCUT2D eigenvalue weighted by Crippen LogP contribution is -2.64. The molecule has 0 unspecified atom stereocenters. The number of benzene rings is 1. The minimum atomic E-state index is -3.27. The third-order valence-electron chi connectivity index (χ3n) is 5.67. The third kappa shape index (κ3) is 4.85. The molecule has 1 spiro atoms. The predicted octanol–water partition coefficient (Wildman–Crippen LogP) is 1.92. The second kappa shape index (κ2) is 8.80. The lowest BCUT2D eigenvalue weighted by atomic mass is 9.79. The molecule has 2 amide bonds. The monoisotopic (exact) mass is 409 g/mol. The molecule has 2 aliphatic rings. The molecule has 3 rings (SSSR count). The Morgan fingerprint density at radius 2 is 2.11 bits per heavy atom. The van der Waals surface area contributed by atoms with E-state index in [0.29, 0.717) is 31.1 Å². The Kier molecular flexibility index (Phi) is 6.62. The molecule has 156 valence electrons. The van der Waals surface area contributed by atoms with E-state index in [2.05, 4.69) is 15.5 Å². The molecule has 1 aliphatic heterocycles. The Bertz CT molecular complexity index is 794. The van der Waals surface area contributed by atoms with E-state index < -0.39 is 15.4 Å². The summed E-state index contributed by atoms with van der Waals surface area (Å²) < 4.78 is 30.5. The van der Waals surface area contributed by atoms with Crippen LogP contribution in [0.15, 0.2) is 29.2 Å². The molecule has 0 bridgehead atoms. The van der Waals surface area contributed by atoms with Crippen molar-refractivity contribution in [3.05, 3.63) is 29.8 Å². The summed E-state index contributed by atoms with van der Waals surface area (Å²) in [6.45, 7) is 5.04. The molecule has 2 N–H and O–H groups in total. The Morgan fingerprint density at radius 1 is 1.32 bits per heavy atom. The fraction of sp³-hybridized carbons (Fsp3) is 0.650. The van der Waals surface area contributed by atoms with Crippen molar-refractivity contribution >= 4 is 15.9 Å². The maximum absolute atomic E-state index is 12.1. The number of ether oxygens (including phenoxy) is 1. The van der Waals surface area contributed by atoms with E-state index in [9.17, 15) is 13.2 Å². The Labute approximate surface area is 167 Å². The molecule has 7 nitrogen and oxygen atoms in total. The standard InChI is InChI=1S/C20H31N3O4S/c1-3-21-19(24)22-18-10-6-7-11-20(18)15-23(12-13-27-20)14-16-8-4-5-9-17(16)28(2,25)26/h4-5,8-9,18H,3,6-7,10-15H2,1-2H3,(H2,21,22,24)/t18-,20+/m0/s1. The number of urea groups is 1. The first-order valence-electron chi connectivity index (χ1n) is 10.0. The van der Waals surface area contributed by atoms with Crippen LogP contribution in [0.4, 0.5) is 4.79 Å². The van der Waals surface area contributed by atoms with Gasteiger partial charge in [0.05, 0.1) is 17.5 Å². The van der Waals surface area contributed by atoms with Crippen molar-refractivity contribution in [1.29, 1.82) is 0 Å². The molecular weight excluding hydrogens is 378 g/mol. The molecular formula is C20H31N3O4S. The van der Waals surface area contributed by atoms with Gasteiger partial charge in [-0.15, -0.1) is 0 Å². The van der Waals surface area contributed by atoms with Crippen LogP contribution in [0.25, 0.3) is 0 Å². The van der Waals surface area contributed by atoms with Crippen molar-refractivity contribution < 1.29 is 17.9 Å². The van der Waals surface area contributed by atoms with Crippen molar-refractivity contribution in [3.63, 3.8) is 0 Å². The molecule has 1 aromatic carbocycles. The number of amides is 2. The molecule has 28 heavy (non-hydrogen) atoms. The summed E-state index contributed by atoms with van der Waals surface area (Å²) >= 11 is 0. The summed E-state index contributed by atoms with van der Waals surface area (Å²) in [5, 5.41) is 5.91. The van der Waals surface area contributed by atoms with Gasteiger partial charge < -0.3 is 15.4 Å². The number of nitrogens with one attached hydrogen (secondary N) is 2. The van der Waals surface area contributed by atoms with Crippen LogP contribution in [0, 0.1) is 0 Å². The molecule has 0 aromatic heterocycles. The van der Waals surface area contributed by atoms with Gasteiger partial charge in [0.25, 0.3) is 0 Å². The second-order valence-electron chi connectivity index (χ2n) is 7.81. The van der Waals surface area contributed by atoms with Gasteiger partial charge in [-0.1, -0.05) is 31.0 Å². The van der Waals surface area contributed by atoms with E-state index in [1.165, 1.54) is 6.26 Å². The van der Waals surface area contributed by atoms with Crippen LogP contribution in [-0.2, 0) is 21.1 Å². The minimum Gasteiger partial charge on any atom is -0.370 e. The van der Waals surface area contributed by atoms with Gasteiger partial charge in [0.1, 0.15) is 5.60 Å². The first kappa shape index (κ1) is 21.1. The van der Waals surface area contributed by atoms with E-state index in [1.54, 1.807) is 12.1 Å². The highest BCUT2D eigenvalue weighted by Crippen LogP contribution is 2.35. The number of morpholine rings is 1. The summed E-state index contributed by atoms with van der Waals surface area (Å²) in [4.78, 5) is 14.7. The smallest absolute Gasteiger partial charge is 0.315 e. The highest BCUT2D eigenvalue weighted by Gasteiger charge is 2.45. The first-order chi connectivity index (χ1) is 13.3. The number of sulfone groups is 1.